The van der Waals surface area contributed by atoms with E-state index >= 15 is 0 Å². The molecule has 2 aromatic rings. The lowest BCUT2D eigenvalue weighted by Gasteiger charge is -2.09. The van der Waals surface area contributed by atoms with Crippen LogP contribution in [0.3, 0.4) is 0 Å². The number of aryl methyl sites for hydroxylation is 1. The summed E-state index contributed by atoms with van der Waals surface area (Å²) >= 11 is 1.36. The fourth-order valence-electron chi connectivity index (χ4n) is 2.25. The van der Waals surface area contributed by atoms with E-state index in [0.717, 1.165) is 33.7 Å². The maximum absolute atomic E-state index is 11.9. The molecule has 6 heteroatoms. The Morgan fingerprint density at radius 1 is 1.21 bits per heavy atom. The Labute approximate surface area is 145 Å². The van der Waals surface area contributed by atoms with Crippen molar-refractivity contribution < 1.29 is 19.1 Å². The average Bonchev–Trinajstić information content (AvgIpc) is 2.58. The van der Waals surface area contributed by atoms with Crippen molar-refractivity contribution in [3.63, 3.8) is 0 Å². The number of benzene rings is 1. The van der Waals surface area contributed by atoms with Crippen molar-refractivity contribution in [2.45, 2.75) is 31.7 Å². The molecule has 0 N–H and O–H groups in total. The van der Waals surface area contributed by atoms with E-state index < -0.39 is 5.97 Å². The van der Waals surface area contributed by atoms with Gasteiger partial charge in [0.25, 0.3) is 0 Å². The highest BCUT2D eigenvalue weighted by molar-refractivity contribution is 8.00. The molecule has 1 aromatic heterocycles. The van der Waals surface area contributed by atoms with Gasteiger partial charge in [-0.1, -0.05) is 18.7 Å². The topological polar surface area (TPSA) is 65.5 Å². The van der Waals surface area contributed by atoms with Gasteiger partial charge in [-0.25, -0.2) is 4.98 Å². The molecule has 0 bridgehead atoms. The fraction of sp³-hybridized carbons (Fsp3) is 0.389. The van der Waals surface area contributed by atoms with Crippen LogP contribution in [0.4, 0.5) is 0 Å². The van der Waals surface area contributed by atoms with Crippen LogP contribution in [0.5, 0.6) is 5.75 Å². The molecule has 0 saturated heterocycles. The van der Waals surface area contributed by atoms with Gasteiger partial charge in [-0.2, -0.15) is 0 Å². The number of carbonyl (C=O) groups is 2. The number of fused-ring (bicyclic) bond motifs is 1. The number of ketones is 1. The summed E-state index contributed by atoms with van der Waals surface area (Å²) in [5.74, 6) is 0.311. The van der Waals surface area contributed by atoms with Gasteiger partial charge < -0.3 is 9.47 Å². The lowest BCUT2D eigenvalue weighted by atomic mass is 10.1. The van der Waals surface area contributed by atoms with Crippen molar-refractivity contribution in [2.75, 3.05) is 19.5 Å². The molecule has 0 aliphatic carbocycles. The van der Waals surface area contributed by atoms with Crippen LogP contribution in [0, 0.1) is 0 Å². The van der Waals surface area contributed by atoms with Crippen molar-refractivity contribution >= 4 is 34.4 Å². The third kappa shape index (κ3) is 4.71. The number of ether oxygens (including phenoxy) is 2. The highest BCUT2D eigenvalue weighted by Gasteiger charge is 2.13. The molecule has 128 valence electrons. The maximum Gasteiger partial charge on any atom is 0.313 e. The standard InChI is InChI=1S/C18H21NO4S/c1-4-12-8-13-6-7-15(22-3)10-16(13)19-18(12)24-11-14(20)9-17(21)23-5-2/h6-8,10H,4-5,9,11H2,1-3H3. The van der Waals surface area contributed by atoms with Crippen LogP contribution in [0.1, 0.15) is 25.8 Å². The zero-order valence-electron chi connectivity index (χ0n) is 14.1. The van der Waals surface area contributed by atoms with Gasteiger partial charge in [-0.3, -0.25) is 9.59 Å². The number of aromatic nitrogens is 1. The van der Waals surface area contributed by atoms with Crippen molar-refractivity contribution in [1.29, 1.82) is 0 Å². The first-order valence-electron chi connectivity index (χ1n) is 7.85. The number of nitrogens with zero attached hydrogens (tertiary/aromatic N) is 1. The molecule has 5 nitrogen and oxygen atoms in total. The number of hydrogen-bond acceptors (Lipinski definition) is 6. The first-order valence-corrected chi connectivity index (χ1v) is 8.83. The monoisotopic (exact) mass is 347 g/mol. The Bertz CT molecular complexity index is 745. The lowest BCUT2D eigenvalue weighted by molar-refractivity contribution is -0.145. The number of pyridine rings is 1. The van der Waals surface area contributed by atoms with Crippen molar-refractivity contribution in [3.05, 3.63) is 29.8 Å². The van der Waals surface area contributed by atoms with Gasteiger partial charge in [0.05, 0.1) is 25.0 Å². The predicted molar refractivity (Wildman–Crippen MR) is 94.7 cm³/mol. The van der Waals surface area contributed by atoms with E-state index in [1.165, 1.54) is 11.8 Å². The number of thioether (sulfide) groups is 1. The summed E-state index contributed by atoms with van der Waals surface area (Å²) < 4.78 is 10.0. The smallest absolute Gasteiger partial charge is 0.313 e. The summed E-state index contributed by atoms with van der Waals surface area (Å²) in [5, 5.41) is 1.85. The van der Waals surface area contributed by atoms with E-state index in [1.54, 1.807) is 14.0 Å². The number of Topliss-reactive ketones (excluding diaryl/α,β-unsaturated/α-hetero) is 1. The average molecular weight is 347 g/mol. The van der Waals surface area contributed by atoms with Crippen LogP contribution in [-0.4, -0.2) is 36.2 Å². The Morgan fingerprint density at radius 3 is 2.67 bits per heavy atom. The minimum Gasteiger partial charge on any atom is -0.497 e. The first kappa shape index (κ1) is 18.3. The van der Waals surface area contributed by atoms with E-state index in [1.807, 2.05) is 18.2 Å². The molecule has 0 unspecified atom stereocenters. The number of methoxy groups -OCH3 is 1. The first-order chi connectivity index (χ1) is 11.6. The van der Waals surface area contributed by atoms with Crippen LogP contribution in [0.2, 0.25) is 0 Å². The third-order valence-corrected chi connectivity index (χ3v) is 4.55. The second-order valence-corrected chi connectivity index (χ2v) is 6.14. The van der Waals surface area contributed by atoms with E-state index in [0.29, 0.717) is 0 Å². The molecule has 0 atom stereocenters. The normalized spacial score (nSPS) is 10.6. The third-order valence-electron chi connectivity index (χ3n) is 3.46. The predicted octanol–water partition coefficient (Wildman–Crippen LogP) is 3.42. The number of hydrogen-bond donors (Lipinski definition) is 0. The molecule has 1 heterocycles. The molecular weight excluding hydrogens is 326 g/mol. The largest absolute Gasteiger partial charge is 0.497 e. The van der Waals surface area contributed by atoms with Gasteiger partial charge in [0.2, 0.25) is 0 Å². The minimum atomic E-state index is -0.477. The molecule has 0 fully saturated rings. The van der Waals surface area contributed by atoms with E-state index in [9.17, 15) is 9.59 Å². The van der Waals surface area contributed by atoms with Crippen LogP contribution >= 0.6 is 11.8 Å². The van der Waals surface area contributed by atoms with Crippen LogP contribution in [-0.2, 0) is 20.7 Å². The van der Waals surface area contributed by atoms with E-state index in [2.05, 4.69) is 18.0 Å². The molecule has 0 spiro atoms. The highest BCUT2D eigenvalue weighted by atomic mass is 32.2. The summed E-state index contributed by atoms with van der Waals surface area (Å²) in [6.07, 6.45) is 0.632. The van der Waals surface area contributed by atoms with Crippen molar-refractivity contribution in [3.8, 4) is 5.75 Å². The Kier molecular flexibility index (Phi) is 6.61. The summed E-state index contributed by atoms with van der Waals surface area (Å²) in [4.78, 5) is 27.9. The number of carbonyl (C=O) groups excluding carboxylic acids is 2. The molecule has 1 aromatic carbocycles. The maximum atomic E-state index is 11.9. The van der Waals surface area contributed by atoms with Crippen molar-refractivity contribution in [1.82, 2.24) is 4.98 Å². The molecule has 0 aliphatic rings. The SMILES string of the molecule is CCOC(=O)CC(=O)CSc1nc2cc(OC)ccc2cc1CC. The van der Waals surface area contributed by atoms with E-state index in [-0.39, 0.29) is 24.6 Å². The summed E-state index contributed by atoms with van der Waals surface area (Å²) in [5.41, 5.74) is 1.91. The zero-order valence-corrected chi connectivity index (χ0v) is 14.9. The van der Waals surface area contributed by atoms with Gasteiger partial charge >= 0.3 is 5.97 Å². The number of rotatable bonds is 8. The van der Waals surface area contributed by atoms with Gasteiger partial charge in [0, 0.05) is 11.5 Å². The highest BCUT2D eigenvalue weighted by Crippen LogP contribution is 2.27. The zero-order chi connectivity index (χ0) is 17.5. The number of esters is 1. The minimum absolute atomic E-state index is 0.159. The van der Waals surface area contributed by atoms with Gasteiger partial charge in [0.1, 0.15) is 17.2 Å². The molecule has 0 saturated carbocycles. The quantitative estimate of drug-likeness (QED) is 0.414. The van der Waals surface area contributed by atoms with Crippen LogP contribution < -0.4 is 4.74 Å². The van der Waals surface area contributed by atoms with E-state index in [4.69, 9.17) is 9.47 Å². The fourth-order valence-corrected chi connectivity index (χ4v) is 3.20. The van der Waals surface area contributed by atoms with Crippen LogP contribution in [0.25, 0.3) is 10.9 Å². The lowest BCUT2D eigenvalue weighted by Crippen LogP contribution is -2.13. The van der Waals surface area contributed by atoms with Gasteiger partial charge in [-0.05, 0) is 37.1 Å². The molecular formula is C18H21NO4S. The summed E-state index contributed by atoms with van der Waals surface area (Å²) in [7, 11) is 1.62. The molecule has 24 heavy (non-hydrogen) atoms. The van der Waals surface area contributed by atoms with Crippen molar-refractivity contribution in [2.24, 2.45) is 0 Å². The van der Waals surface area contributed by atoms with Gasteiger partial charge in [-0.15, -0.1) is 0 Å². The summed E-state index contributed by atoms with van der Waals surface area (Å²) in [6, 6.07) is 7.83. The Hall–Kier alpha value is -2.08. The molecule has 0 amide bonds. The summed E-state index contributed by atoms with van der Waals surface area (Å²) in [6.45, 7) is 4.06. The molecule has 0 radical (unpaired) electrons. The second kappa shape index (κ2) is 8.68. The molecule has 0 aliphatic heterocycles. The van der Waals surface area contributed by atoms with Crippen LogP contribution in [0.15, 0.2) is 29.3 Å². The Morgan fingerprint density at radius 2 is 2.00 bits per heavy atom. The second-order valence-electron chi connectivity index (χ2n) is 5.17. The molecule has 2 rings (SSSR count). The Balaban J connectivity index is 2.14. The van der Waals surface area contributed by atoms with Gasteiger partial charge in [0.15, 0.2) is 5.78 Å².